The van der Waals surface area contributed by atoms with Gasteiger partial charge in [-0.3, -0.25) is 14.4 Å². The summed E-state index contributed by atoms with van der Waals surface area (Å²) in [6.45, 7) is 5.69. The zero-order valence-corrected chi connectivity index (χ0v) is 21.3. The number of fused-ring (bicyclic) bond motifs is 6. The highest BCUT2D eigenvalue weighted by atomic mass is 16.2. The van der Waals surface area contributed by atoms with E-state index in [2.05, 4.69) is 18.3 Å². The molecule has 0 saturated carbocycles. The third-order valence-corrected chi connectivity index (χ3v) is 8.26. The van der Waals surface area contributed by atoms with Crippen LogP contribution in [0, 0.1) is 12.8 Å². The van der Waals surface area contributed by atoms with E-state index in [-0.39, 0.29) is 17.5 Å². The molecule has 5 heteroatoms. The molecular formula is C32H30N2O3. The van der Waals surface area contributed by atoms with Gasteiger partial charge in [-0.05, 0) is 55.2 Å². The fourth-order valence-corrected chi connectivity index (χ4v) is 6.76. The Kier molecular flexibility index (Phi) is 5.41. The van der Waals surface area contributed by atoms with Crippen LogP contribution in [0.2, 0.25) is 0 Å². The molecule has 0 bridgehead atoms. The minimum Gasteiger partial charge on any atom is -0.352 e. The molecule has 0 aromatic heterocycles. The molecule has 3 heterocycles. The Balaban J connectivity index is 1.60. The summed E-state index contributed by atoms with van der Waals surface area (Å²) in [7, 11) is 0. The largest absolute Gasteiger partial charge is 0.352 e. The molecule has 1 saturated heterocycles. The van der Waals surface area contributed by atoms with E-state index >= 15 is 0 Å². The SMILES string of the molecule is CCCc1ccc(C(=O)[C@@H]2[C@H](C(C)=O)N3c4ccc(C)cc4C=C[C@@H]3[C@@]23C(=O)Nc2ccccc23)cc1. The number of nitrogens with zero attached hydrogens (tertiary/aromatic N) is 1. The second kappa shape index (κ2) is 8.55. The lowest BCUT2D eigenvalue weighted by Gasteiger charge is -2.37. The number of para-hydroxylation sites is 1. The maximum Gasteiger partial charge on any atom is 0.238 e. The van der Waals surface area contributed by atoms with Gasteiger partial charge in [0.1, 0.15) is 5.41 Å². The number of hydrogen-bond acceptors (Lipinski definition) is 4. The Hall–Kier alpha value is -3.99. The van der Waals surface area contributed by atoms with Crippen molar-refractivity contribution in [3.8, 4) is 0 Å². The minimum atomic E-state index is -1.23. The van der Waals surface area contributed by atoms with E-state index in [1.165, 1.54) is 6.92 Å². The number of Topliss-reactive ketones (excluding diaryl/α,β-unsaturated/α-hetero) is 2. The summed E-state index contributed by atoms with van der Waals surface area (Å²) in [5.41, 5.74) is 4.92. The van der Waals surface area contributed by atoms with Crippen LogP contribution in [0.25, 0.3) is 6.08 Å². The highest BCUT2D eigenvalue weighted by Crippen LogP contribution is 2.57. The molecule has 3 aromatic rings. The first kappa shape index (κ1) is 23.4. The molecule has 3 aliphatic heterocycles. The maximum atomic E-state index is 14.5. The highest BCUT2D eigenvalue weighted by molar-refractivity contribution is 6.16. The van der Waals surface area contributed by atoms with E-state index in [9.17, 15) is 14.4 Å². The zero-order valence-electron chi connectivity index (χ0n) is 21.3. The fraction of sp³-hybridized carbons (Fsp3) is 0.281. The van der Waals surface area contributed by atoms with Crippen molar-refractivity contribution < 1.29 is 14.4 Å². The smallest absolute Gasteiger partial charge is 0.238 e. The molecule has 5 nitrogen and oxygen atoms in total. The van der Waals surface area contributed by atoms with Gasteiger partial charge < -0.3 is 10.2 Å². The molecule has 1 spiro atoms. The van der Waals surface area contributed by atoms with Crippen LogP contribution in [0.3, 0.4) is 0 Å². The van der Waals surface area contributed by atoms with E-state index in [0.29, 0.717) is 11.3 Å². The van der Waals surface area contributed by atoms with Gasteiger partial charge >= 0.3 is 0 Å². The van der Waals surface area contributed by atoms with Gasteiger partial charge in [-0.25, -0.2) is 0 Å². The van der Waals surface area contributed by atoms with Gasteiger partial charge in [-0.2, -0.15) is 0 Å². The van der Waals surface area contributed by atoms with Crippen molar-refractivity contribution in [2.45, 2.75) is 51.1 Å². The van der Waals surface area contributed by atoms with Crippen LogP contribution in [0.1, 0.15) is 52.9 Å². The maximum absolute atomic E-state index is 14.5. The molecule has 1 N–H and O–H groups in total. The van der Waals surface area contributed by atoms with Crippen LogP contribution in [-0.2, 0) is 21.4 Å². The first-order valence-electron chi connectivity index (χ1n) is 13.0. The second-order valence-electron chi connectivity index (χ2n) is 10.5. The Labute approximate surface area is 217 Å². The number of aryl methyl sites for hydroxylation is 2. The highest BCUT2D eigenvalue weighted by Gasteiger charge is 2.69. The minimum absolute atomic E-state index is 0.123. The Morgan fingerprint density at radius 2 is 1.78 bits per heavy atom. The summed E-state index contributed by atoms with van der Waals surface area (Å²) in [5, 5.41) is 3.05. The number of rotatable bonds is 5. The molecule has 3 aliphatic rings. The zero-order chi connectivity index (χ0) is 25.9. The van der Waals surface area contributed by atoms with Crippen LogP contribution >= 0.6 is 0 Å². The normalized spacial score (nSPS) is 25.0. The van der Waals surface area contributed by atoms with Crippen LogP contribution in [0.5, 0.6) is 0 Å². The van der Waals surface area contributed by atoms with Gasteiger partial charge in [0.15, 0.2) is 11.6 Å². The molecule has 0 aliphatic carbocycles. The Bertz CT molecular complexity index is 1470. The Morgan fingerprint density at radius 3 is 2.51 bits per heavy atom. The summed E-state index contributed by atoms with van der Waals surface area (Å²) in [6, 6.07) is 20.1. The third-order valence-electron chi connectivity index (χ3n) is 8.26. The molecule has 1 fully saturated rings. The summed E-state index contributed by atoms with van der Waals surface area (Å²) in [6.07, 6.45) is 5.99. The van der Waals surface area contributed by atoms with Crippen molar-refractivity contribution in [3.63, 3.8) is 0 Å². The number of amides is 1. The Morgan fingerprint density at radius 1 is 1.03 bits per heavy atom. The molecule has 0 unspecified atom stereocenters. The van der Waals surface area contributed by atoms with Gasteiger partial charge in [0, 0.05) is 16.9 Å². The van der Waals surface area contributed by atoms with Gasteiger partial charge in [0.2, 0.25) is 5.91 Å². The standard InChI is InChI=1S/C32H30N2O3/c1-4-7-21-11-13-22(14-12-21)30(36)28-29(20(3)35)34-26-16-10-19(2)18-23(26)15-17-27(34)32(28)24-8-5-6-9-25(24)33-31(32)37/h5-6,8-18,27-29H,4,7H2,1-3H3,(H,33,37)/t27-,28+,29+,32-/m1/s1. The monoisotopic (exact) mass is 490 g/mol. The third kappa shape index (κ3) is 3.26. The number of nitrogens with one attached hydrogen (secondary N) is 1. The van der Waals surface area contributed by atoms with E-state index < -0.39 is 23.4 Å². The first-order valence-corrected chi connectivity index (χ1v) is 13.0. The summed E-state index contributed by atoms with van der Waals surface area (Å²) in [4.78, 5) is 44.1. The number of ketones is 2. The van der Waals surface area contributed by atoms with Crippen molar-refractivity contribution in [1.82, 2.24) is 0 Å². The second-order valence-corrected chi connectivity index (χ2v) is 10.5. The van der Waals surface area contributed by atoms with Crippen molar-refractivity contribution >= 4 is 34.9 Å². The summed E-state index contributed by atoms with van der Waals surface area (Å²) in [5.74, 6) is -1.41. The predicted octanol–water partition coefficient (Wildman–Crippen LogP) is 5.51. The molecule has 6 rings (SSSR count). The van der Waals surface area contributed by atoms with Gasteiger partial charge in [-0.1, -0.05) is 79.6 Å². The molecule has 1 amide bonds. The van der Waals surface area contributed by atoms with E-state index in [1.54, 1.807) is 0 Å². The van der Waals surface area contributed by atoms with Crippen LogP contribution in [0.15, 0.2) is 72.8 Å². The average Bonchev–Trinajstić information content (AvgIpc) is 3.37. The van der Waals surface area contributed by atoms with E-state index in [0.717, 1.165) is 40.8 Å². The van der Waals surface area contributed by atoms with Crippen molar-refractivity contribution in [1.29, 1.82) is 0 Å². The van der Waals surface area contributed by atoms with E-state index in [4.69, 9.17) is 0 Å². The molecule has 186 valence electrons. The van der Waals surface area contributed by atoms with Crippen LogP contribution < -0.4 is 10.2 Å². The first-order chi connectivity index (χ1) is 17.9. The number of carbonyl (C=O) groups excluding carboxylic acids is 3. The number of anilines is 2. The fourth-order valence-electron chi connectivity index (χ4n) is 6.76. The van der Waals surface area contributed by atoms with Crippen LogP contribution in [-0.4, -0.2) is 29.6 Å². The van der Waals surface area contributed by atoms with Crippen LogP contribution in [0.4, 0.5) is 11.4 Å². The summed E-state index contributed by atoms with van der Waals surface area (Å²) < 4.78 is 0. The van der Waals surface area contributed by atoms with Gasteiger partial charge in [-0.15, -0.1) is 0 Å². The number of carbonyl (C=O) groups is 3. The van der Waals surface area contributed by atoms with Crippen molar-refractivity contribution in [2.24, 2.45) is 5.92 Å². The quantitative estimate of drug-likeness (QED) is 0.479. The lowest BCUT2D eigenvalue weighted by Crippen LogP contribution is -2.51. The summed E-state index contributed by atoms with van der Waals surface area (Å²) >= 11 is 0. The molecular weight excluding hydrogens is 460 g/mol. The molecule has 4 atom stereocenters. The average molecular weight is 491 g/mol. The van der Waals surface area contributed by atoms with Crippen molar-refractivity contribution in [2.75, 3.05) is 10.2 Å². The van der Waals surface area contributed by atoms with E-state index in [1.807, 2.05) is 84.6 Å². The molecule has 0 radical (unpaired) electrons. The molecule has 3 aromatic carbocycles. The predicted molar refractivity (Wildman–Crippen MR) is 146 cm³/mol. The van der Waals surface area contributed by atoms with Gasteiger partial charge in [0.25, 0.3) is 0 Å². The molecule has 37 heavy (non-hydrogen) atoms. The lowest BCUT2D eigenvalue weighted by molar-refractivity contribution is -0.122. The number of hydrogen-bond donors (Lipinski definition) is 1. The van der Waals surface area contributed by atoms with Gasteiger partial charge in [0.05, 0.1) is 18.0 Å². The van der Waals surface area contributed by atoms with Crippen molar-refractivity contribution in [3.05, 3.63) is 101 Å². The number of benzene rings is 3. The topological polar surface area (TPSA) is 66.5 Å². The lowest BCUT2D eigenvalue weighted by atomic mass is 9.64.